The molecule has 1 aliphatic heterocycles. The summed E-state index contributed by atoms with van der Waals surface area (Å²) in [6.45, 7) is 2.65. The highest BCUT2D eigenvalue weighted by molar-refractivity contribution is 5.82. The normalized spacial score (nSPS) is 24.4. The summed E-state index contributed by atoms with van der Waals surface area (Å²) >= 11 is 0. The van der Waals surface area contributed by atoms with Crippen LogP contribution in [0, 0.1) is 5.41 Å². The van der Waals surface area contributed by atoms with Crippen LogP contribution >= 0.6 is 0 Å². The highest BCUT2D eigenvalue weighted by Crippen LogP contribution is 2.40. The summed E-state index contributed by atoms with van der Waals surface area (Å²) in [6.07, 6.45) is -2.44. The van der Waals surface area contributed by atoms with E-state index in [1.165, 1.54) is 19.4 Å². The monoisotopic (exact) mass is 334 g/mol. The summed E-state index contributed by atoms with van der Waals surface area (Å²) in [5, 5.41) is 15.7. The number of aliphatic hydroxyl groups is 1. The summed E-state index contributed by atoms with van der Waals surface area (Å²) in [6, 6.07) is 0. The van der Waals surface area contributed by atoms with Crippen LogP contribution < -0.4 is 10.6 Å². The Morgan fingerprint density at radius 2 is 2.26 bits per heavy atom. The average Bonchev–Trinajstić information content (AvgIpc) is 3.07. The molecule has 9 heteroatoms. The van der Waals surface area contributed by atoms with E-state index in [1.807, 2.05) is 0 Å². The van der Waals surface area contributed by atoms with Gasteiger partial charge in [-0.3, -0.25) is 4.79 Å². The van der Waals surface area contributed by atoms with Gasteiger partial charge in [0, 0.05) is 39.0 Å². The van der Waals surface area contributed by atoms with E-state index in [4.69, 9.17) is 0 Å². The fraction of sp³-hybridized carbons (Fsp3) is 0.714. The number of carbonyl (C=O) groups is 1. The lowest BCUT2D eigenvalue weighted by molar-refractivity contribution is -0.272. The van der Waals surface area contributed by atoms with Gasteiger partial charge in [0.1, 0.15) is 5.82 Å². The van der Waals surface area contributed by atoms with Crippen molar-refractivity contribution >= 4 is 5.91 Å². The lowest BCUT2D eigenvalue weighted by Gasteiger charge is -2.30. The van der Waals surface area contributed by atoms with Gasteiger partial charge in [0.25, 0.3) is 0 Å². The molecule has 2 atom stereocenters. The van der Waals surface area contributed by atoms with Crippen molar-refractivity contribution in [2.24, 2.45) is 12.5 Å². The van der Waals surface area contributed by atoms with Gasteiger partial charge in [-0.25, -0.2) is 4.98 Å². The molecule has 1 fully saturated rings. The van der Waals surface area contributed by atoms with E-state index < -0.39 is 29.4 Å². The SMILES string of the molecule is Cn1ccnc1[C@](O)(CCNC(=O)[C@]1(C)CCNC1)C(F)(F)F. The number of aromatic nitrogens is 2. The number of hydrogen-bond acceptors (Lipinski definition) is 4. The van der Waals surface area contributed by atoms with Crippen LogP contribution in [0.3, 0.4) is 0 Å². The van der Waals surface area contributed by atoms with Gasteiger partial charge in [-0.05, 0) is 19.9 Å². The number of nitrogens with zero attached hydrogens (tertiary/aromatic N) is 2. The second-order valence-electron chi connectivity index (χ2n) is 6.21. The van der Waals surface area contributed by atoms with Crippen LogP contribution in [0.1, 0.15) is 25.6 Å². The van der Waals surface area contributed by atoms with Crippen LogP contribution in [0.4, 0.5) is 13.2 Å². The standard InChI is InChI=1S/C14H21F3N4O2/c1-12(3-5-18-9-12)11(22)20-6-4-13(23,14(15,16)17)10-19-7-8-21(10)2/h7-8,18,23H,3-6,9H2,1-2H3,(H,20,22)/t12-,13-/m1/s1. The summed E-state index contributed by atoms with van der Waals surface area (Å²) in [7, 11) is 1.38. The third-order valence-corrected chi connectivity index (χ3v) is 4.35. The summed E-state index contributed by atoms with van der Waals surface area (Å²) in [4.78, 5) is 15.7. The van der Waals surface area contributed by atoms with Crippen molar-refractivity contribution in [1.29, 1.82) is 0 Å². The van der Waals surface area contributed by atoms with E-state index in [0.717, 1.165) is 4.57 Å². The topological polar surface area (TPSA) is 79.2 Å². The minimum atomic E-state index is -4.89. The molecule has 1 amide bonds. The zero-order chi connectivity index (χ0) is 17.3. The second kappa shape index (κ2) is 6.12. The lowest BCUT2D eigenvalue weighted by atomic mass is 9.88. The number of halogens is 3. The molecule has 0 unspecified atom stereocenters. The minimum Gasteiger partial charge on any atom is -0.374 e. The fourth-order valence-electron chi connectivity index (χ4n) is 2.73. The van der Waals surface area contributed by atoms with Gasteiger partial charge in [0.05, 0.1) is 5.41 Å². The first kappa shape index (κ1) is 17.7. The first-order valence-electron chi connectivity index (χ1n) is 7.36. The highest BCUT2D eigenvalue weighted by Gasteiger charge is 2.57. The van der Waals surface area contributed by atoms with Gasteiger partial charge in [-0.1, -0.05) is 0 Å². The molecule has 130 valence electrons. The molecule has 0 saturated carbocycles. The zero-order valence-electron chi connectivity index (χ0n) is 13.1. The van der Waals surface area contributed by atoms with Crippen molar-refractivity contribution in [3.05, 3.63) is 18.2 Å². The molecule has 2 rings (SSSR count). The van der Waals surface area contributed by atoms with Crippen LogP contribution in [0.5, 0.6) is 0 Å². The molecule has 0 radical (unpaired) electrons. The van der Waals surface area contributed by atoms with E-state index >= 15 is 0 Å². The van der Waals surface area contributed by atoms with Gasteiger partial charge in [-0.2, -0.15) is 13.2 Å². The molecule has 1 saturated heterocycles. The first-order valence-corrected chi connectivity index (χ1v) is 7.36. The molecular weight excluding hydrogens is 313 g/mol. The van der Waals surface area contributed by atoms with Gasteiger partial charge in [0.2, 0.25) is 11.5 Å². The van der Waals surface area contributed by atoms with Crippen LogP contribution in [0.2, 0.25) is 0 Å². The van der Waals surface area contributed by atoms with E-state index in [-0.39, 0.29) is 12.5 Å². The third kappa shape index (κ3) is 3.35. The Hall–Kier alpha value is -1.61. The van der Waals surface area contributed by atoms with Crippen molar-refractivity contribution in [3.8, 4) is 0 Å². The van der Waals surface area contributed by atoms with Crippen LogP contribution in [0.25, 0.3) is 0 Å². The Morgan fingerprint density at radius 1 is 1.57 bits per heavy atom. The Morgan fingerprint density at radius 3 is 2.74 bits per heavy atom. The van der Waals surface area contributed by atoms with Gasteiger partial charge in [0.15, 0.2) is 0 Å². The van der Waals surface area contributed by atoms with Crippen LogP contribution in [0.15, 0.2) is 12.4 Å². The molecule has 0 spiro atoms. The molecule has 1 aliphatic rings. The van der Waals surface area contributed by atoms with Gasteiger partial charge >= 0.3 is 6.18 Å². The lowest BCUT2D eigenvalue weighted by Crippen LogP contribution is -2.48. The quantitative estimate of drug-likeness (QED) is 0.740. The molecule has 0 bridgehead atoms. The third-order valence-electron chi connectivity index (χ3n) is 4.35. The molecular formula is C14H21F3N4O2. The first-order chi connectivity index (χ1) is 10.6. The summed E-state index contributed by atoms with van der Waals surface area (Å²) in [5.41, 5.74) is -3.73. The Bertz CT molecular complexity index is 567. The second-order valence-corrected chi connectivity index (χ2v) is 6.21. The van der Waals surface area contributed by atoms with Crippen molar-refractivity contribution in [1.82, 2.24) is 20.2 Å². The highest BCUT2D eigenvalue weighted by atomic mass is 19.4. The van der Waals surface area contributed by atoms with E-state index in [0.29, 0.717) is 19.5 Å². The Kier molecular flexibility index (Phi) is 4.72. The summed E-state index contributed by atoms with van der Waals surface area (Å²) < 4.78 is 41.1. The molecule has 3 N–H and O–H groups in total. The number of alkyl halides is 3. The molecule has 23 heavy (non-hydrogen) atoms. The maximum absolute atomic E-state index is 13.3. The van der Waals surface area contributed by atoms with Crippen molar-refractivity contribution < 1.29 is 23.1 Å². The number of carbonyl (C=O) groups excluding carboxylic acids is 1. The number of aryl methyl sites for hydroxylation is 1. The fourth-order valence-corrected chi connectivity index (χ4v) is 2.73. The molecule has 0 aromatic carbocycles. The van der Waals surface area contributed by atoms with Gasteiger partial charge in [-0.15, -0.1) is 0 Å². The largest absolute Gasteiger partial charge is 0.424 e. The molecule has 6 nitrogen and oxygen atoms in total. The number of hydrogen-bond donors (Lipinski definition) is 3. The minimum absolute atomic E-state index is 0.294. The molecule has 1 aromatic heterocycles. The number of rotatable bonds is 5. The van der Waals surface area contributed by atoms with Crippen molar-refractivity contribution in [2.45, 2.75) is 31.5 Å². The predicted molar refractivity (Wildman–Crippen MR) is 76.4 cm³/mol. The molecule has 1 aromatic rings. The maximum Gasteiger partial charge on any atom is 0.424 e. The number of nitrogens with one attached hydrogen (secondary N) is 2. The number of imidazole rings is 1. The smallest absolute Gasteiger partial charge is 0.374 e. The van der Waals surface area contributed by atoms with E-state index in [1.54, 1.807) is 6.92 Å². The maximum atomic E-state index is 13.3. The van der Waals surface area contributed by atoms with Crippen LogP contribution in [-0.4, -0.2) is 46.4 Å². The molecule has 0 aliphatic carbocycles. The Balaban J connectivity index is 2.06. The summed E-state index contributed by atoms with van der Waals surface area (Å²) in [5.74, 6) is -0.806. The predicted octanol–water partition coefficient (Wildman–Crippen LogP) is 0.676. The van der Waals surface area contributed by atoms with Crippen LogP contribution in [-0.2, 0) is 17.4 Å². The van der Waals surface area contributed by atoms with E-state index in [2.05, 4.69) is 15.6 Å². The zero-order valence-corrected chi connectivity index (χ0v) is 13.1. The molecule has 2 heterocycles. The van der Waals surface area contributed by atoms with Crippen molar-refractivity contribution in [2.75, 3.05) is 19.6 Å². The van der Waals surface area contributed by atoms with Gasteiger partial charge < -0.3 is 20.3 Å². The number of amides is 1. The Labute approximate surface area is 132 Å². The van der Waals surface area contributed by atoms with E-state index in [9.17, 15) is 23.1 Å². The van der Waals surface area contributed by atoms with Crippen molar-refractivity contribution in [3.63, 3.8) is 0 Å². The average molecular weight is 334 g/mol.